The molecular weight excluding hydrogens is 332 g/mol. The monoisotopic (exact) mass is 349 g/mol. The zero-order valence-electron chi connectivity index (χ0n) is 13.8. The highest BCUT2D eigenvalue weighted by Gasteiger charge is 2.26. The van der Waals surface area contributed by atoms with Gasteiger partial charge in [-0.25, -0.2) is 13.8 Å². The van der Waals surface area contributed by atoms with Gasteiger partial charge in [0.05, 0.1) is 24.4 Å². The second-order valence-electron chi connectivity index (χ2n) is 5.67. The number of oxazole rings is 1. The quantitative estimate of drug-likeness (QED) is 0.830. The number of nitrogens with zero attached hydrogens (tertiary/aromatic N) is 2. The number of methoxy groups -OCH3 is 1. The van der Waals surface area contributed by atoms with Gasteiger partial charge in [-0.3, -0.25) is 4.79 Å². The molecule has 0 saturated carbocycles. The van der Waals surface area contributed by atoms with Crippen LogP contribution in [0.5, 0.6) is 0 Å². The number of carbonyl (C=O) groups is 1. The zero-order chi connectivity index (χ0) is 18.4. The van der Waals surface area contributed by atoms with E-state index in [0.717, 1.165) is 12.1 Å². The summed E-state index contributed by atoms with van der Waals surface area (Å²) in [5.74, 6) is -1.43. The summed E-state index contributed by atoms with van der Waals surface area (Å²) in [6.07, 6.45) is 1.52. The molecule has 1 aromatic carbocycles. The van der Waals surface area contributed by atoms with Crippen molar-refractivity contribution in [3.05, 3.63) is 41.9 Å². The number of amides is 1. The third-order valence-corrected chi connectivity index (χ3v) is 3.41. The highest BCUT2D eigenvalue weighted by atomic mass is 19.1. The van der Waals surface area contributed by atoms with Gasteiger partial charge < -0.3 is 14.5 Å². The second kappa shape index (κ2) is 7.85. The highest BCUT2D eigenvalue weighted by molar-refractivity contribution is 5.77. The second-order valence-corrected chi connectivity index (χ2v) is 5.67. The lowest BCUT2D eigenvalue weighted by molar-refractivity contribution is -0.122. The molecule has 25 heavy (non-hydrogen) atoms. The van der Waals surface area contributed by atoms with Crippen LogP contribution in [0.15, 0.2) is 28.8 Å². The van der Waals surface area contributed by atoms with Crippen LogP contribution in [-0.4, -0.2) is 30.1 Å². The summed E-state index contributed by atoms with van der Waals surface area (Å²) in [6, 6.07) is 5.10. The van der Waals surface area contributed by atoms with E-state index in [1.54, 1.807) is 6.92 Å². The van der Waals surface area contributed by atoms with Gasteiger partial charge in [-0.1, -0.05) is 0 Å². The summed E-state index contributed by atoms with van der Waals surface area (Å²) in [5.41, 5.74) is -1.04. The maximum atomic E-state index is 13.7. The summed E-state index contributed by atoms with van der Waals surface area (Å²) in [7, 11) is 1.44. The number of carbonyl (C=O) groups excluding carboxylic acids is 1. The Morgan fingerprint density at radius 3 is 2.88 bits per heavy atom. The molecule has 0 radical (unpaired) electrons. The Hall–Kier alpha value is -2.79. The van der Waals surface area contributed by atoms with Crippen LogP contribution >= 0.6 is 0 Å². The molecule has 0 aliphatic rings. The molecule has 1 N–H and O–H groups in total. The molecule has 0 bridgehead atoms. The van der Waals surface area contributed by atoms with Crippen LogP contribution in [0.25, 0.3) is 11.3 Å². The molecule has 2 rings (SSSR count). The van der Waals surface area contributed by atoms with Gasteiger partial charge in [0, 0.05) is 26.0 Å². The Labute approximate surface area is 143 Å². The first kappa shape index (κ1) is 18.5. The predicted molar refractivity (Wildman–Crippen MR) is 84.2 cm³/mol. The SMILES string of the molecule is COC[C@](C)(C#N)NC(=O)CCc1ncc(-c2ccc(F)cc2F)o1. The Morgan fingerprint density at radius 2 is 2.24 bits per heavy atom. The van der Waals surface area contributed by atoms with Gasteiger partial charge >= 0.3 is 0 Å². The third-order valence-electron chi connectivity index (χ3n) is 3.41. The van der Waals surface area contributed by atoms with E-state index >= 15 is 0 Å². The average molecular weight is 349 g/mol. The standard InChI is InChI=1S/C17H17F2N3O3/c1-17(9-20,10-24-2)22-15(23)5-6-16-21-8-14(25-16)12-4-3-11(18)7-13(12)19/h3-4,7-8H,5-6,10H2,1-2H3,(H,22,23)/t17-/m0/s1. The van der Waals surface area contributed by atoms with Gasteiger partial charge in [0.2, 0.25) is 5.91 Å². The molecule has 1 aromatic heterocycles. The minimum atomic E-state index is -1.12. The highest BCUT2D eigenvalue weighted by Crippen LogP contribution is 2.24. The number of hydrogen-bond donors (Lipinski definition) is 1. The summed E-state index contributed by atoms with van der Waals surface area (Å²) in [6.45, 7) is 1.61. The summed E-state index contributed by atoms with van der Waals surface area (Å²) in [4.78, 5) is 15.9. The first-order chi connectivity index (χ1) is 11.9. The van der Waals surface area contributed by atoms with Crippen LogP contribution in [0.4, 0.5) is 8.78 Å². The van der Waals surface area contributed by atoms with E-state index in [1.165, 1.54) is 19.4 Å². The molecule has 0 saturated heterocycles. The molecule has 6 nitrogen and oxygen atoms in total. The van der Waals surface area contributed by atoms with Gasteiger partial charge in [-0.15, -0.1) is 0 Å². The maximum absolute atomic E-state index is 13.7. The fourth-order valence-electron chi connectivity index (χ4n) is 2.22. The lowest BCUT2D eigenvalue weighted by Crippen LogP contribution is -2.48. The first-order valence-corrected chi connectivity index (χ1v) is 7.48. The minimum absolute atomic E-state index is 0.0346. The summed E-state index contributed by atoms with van der Waals surface area (Å²) >= 11 is 0. The number of halogens is 2. The molecule has 0 unspecified atom stereocenters. The molecule has 1 amide bonds. The van der Waals surface area contributed by atoms with Crippen LogP contribution in [0.2, 0.25) is 0 Å². The van der Waals surface area contributed by atoms with Crippen molar-refractivity contribution in [3.63, 3.8) is 0 Å². The van der Waals surface area contributed by atoms with Gasteiger partial charge in [-0.05, 0) is 19.1 Å². The van der Waals surface area contributed by atoms with Crippen LogP contribution < -0.4 is 5.32 Å². The van der Waals surface area contributed by atoms with Crippen LogP contribution in [0.3, 0.4) is 0 Å². The smallest absolute Gasteiger partial charge is 0.221 e. The molecule has 1 heterocycles. The lowest BCUT2D eigenvalue weighted by atomic mass is 10.1. The van der Waals surface area contributed by atoms with E-state index in [2.05, 4.69) is 10.3 Å². The molecule has 1 atom stereocenters. The largest absolute Gasteiger partial charge is 0.441 e. The Bertz CT molecular complexity index is 801. The normalized spacial score (nSPS) is 13.1. The van der Waals surface area contributed by atoms with Gasteiger partial charge in [-0.2, -0.15) is 5.26 Å². The van der Waals surface area contributed by atoms with E-state index in [1.807, 2.05) is 6.07 Å². The Balaban J connectivity index is 1.98. The van der Waals surface area contributed by atoms with Crippen LogP contribution in [0, 0.1) is 23.0 Å². The summed E-state index contributed by atoms with van der Waals surface area (Å²) < 4.78 is 37.0. The van der Waals surface area contributed by atoms with Crippen LogP contribution in [0.1, 0.15) is 19.2 Å². The number of aryl methyl sites for hydroxylation is 1. The topological polar surface area (TPSA) is 88.1 Å². The molecule has 0 fully saturated rings. The van der Waals surface area contributed by atoms with Crippen molar-refractivity contribution in [2.24, 2.45) is 0 Å². The van der Waals surface area contributed by atoms with Gasteiger partial charge in [0.25, 0.3) is 0 Å². The molecule has 0 spiro atoms. The number of ether oxygens (including phenoxy) is 1. The Morgan fingerprint density at radius 1 is 1.48 bits per heavy atom. The van der Waals surface area contributed by atoms with Crippen LogP contribution in [-0.2, 0) is 16.0 Å². The molecule has 0 aliphatic heterocycles. The maximum Gasteiger partial charge on any atom is 0.221 e. The number of nitrogens with one attached hydrogen (secondary N) is 1. The van der Waals surface area contributed by atoms with Crippen molar-refractivity contribution in [3.8, 4) is 17.4 Å². The van der Waals surface area contributed by atoms with E-state index in [0.29, 0.717) is 0 Å². The van der Waals surface area contributed by atoms with Crippen molar-refractivity contribution in [1.82, 2.24) is 10.3 Å². The van der Waals surface area contributed by atoms with Crippen molar-refractivity contribution >= 4 is 5.91 Å². The minimum Gasteiger partial charge on any atom is -0.441 e. The third kappa shape index (κ3) is 4.84. The molecule has 2 aromatic rings. The fraction of sp³-hybridized carbons (Fsp3) is 0.353. The number of aromatic nitrogens is 1. The molecule has 8 heteroatoms. The predicted octanol–water partition coefficient (Wildman–Crippen LogP) is 2.60. The zero-order valence-corrected chi connectivity index (χ0v) is 13.8. The van der Waals surface area contributed by atoms with Gasteiger partial charge in [0.1, 0.15) is 17.2 Å². The number of hydrogen-bond acceptors (Lipinski definition) is 5. The van der Waals surface area contributed by atoms with E-state index < -0.39 is 17.2 Å². The van der Waals surface area contributed by atoms with E-state index in [4.69, 9.17) is 14.4 Å². The number of rotatable bonds is 7. The lowest BCUT2D eigenvalue weighted by Gasteiger charge is -2.21. The van der Waals surface area contributed by atoms with Crippen molar-refractivity contribution in [1.29, 1.82) is 5.26 Å². The van der Waals surface area contributed by atoms with Crippen molar-refractivity contribution in [2.75, 3.05) is 13.7 Å². The number of nitriles is 1. The van der Waals surface area contributed by atoms with Crippen molar-refractivity contribution < 1.29 is 22.7 Å². The molecule has 132 valence electrons. The molecule has 0 aliphatic carbocycles. The van der Waals surface area contributed by atoms with Crippen molar-refractivity contribution in [2.45, 2.75) is 25.3 Å². The van der Waals surface area contributed by atoms with E-state index in [-0.39, 0.29) is 42.6 Å². The van der Waals surface area contributed by atoms with Gasteiger partial charge in [0.15, 0.2) is 11.7 Å². The Kier molecular flexibility index (Phi) is 5.83. The summed E-state index contributed by atoms with van der Waals surface area (Å²) in [5, 5.41) is 11.7. The van der Waals surface area contributed by atoms with E-state index in [9.17, 15) is 13.6 Å². The first-order valence-electron chi connectivity index (χ1n) is 7.48. The average Bonchev–Trinajstić information content (AvgIpc) is 3.02. The fourth-order valence-corrected chi connectivity index (χ4v) is 2.22. The molecular formula is C17H17F2N3O3. The number of benzene rings is 1.